The number of imidazole rings is 1. The van der Waals surface area contributed by atoms with E-state index in [9.17, 15) is 4.39 Å². The van der Waals surface area contributed by atoms with Crippen molar-refractivity contribution < 1.29 is 4.39 Å². The lowest BCUT2D eigenvalue weighted by Crippen LogP contribution is -2.05. The number of aromatic nitrogens is 4. The highest BCUT2D eigenvalue weighted by molar-refractivity contribution is 7.71. The number of benzene rings is 1. The molecule has 0 bridgehead atoms. The molecule has 0 aliphatic carbocycles. The van der Waals surface area contributed by atoms with Crippen LogP contribution in [-0.4, -0.2) is 19.3 Å². The zero-order valence-electron chi connectivity index (χ0n) is 9.72. The SMILES string of the molecule is Cn1nccc1Cn1c(=S)[nH]c2c(F)cccc21. The van der Waals surface area contributed by atoms with Crippen molar-refractivity contribution in [2.45, 2.75) is 6.54 Å². The maximum Gasteiger partial charge on any atom is 0.178 e. The van der Waals surface area contributed by atoms with E-state index in [4.69, 9.17) is 12.2 Å². The van der Waals surface area contributed by atoms with E-state index in [2.05, 4.69) is 10.1 Å². The minimum absolute atomic E-state index is 0.289. The van der Waals surface area contributed by atoms with Crippen LogP contribution in [-0.2, 0) is 13.6 Å². The van der Waals surface area contributed by atoms with E-state index < -0.39 is 0 Å². The van der Waals surface area contributed by atoms with Gasteiger partial charge in [-0.25, -0.2) is 4.39 Å². The van der Waals surface area contributed by atoms with Gasteiger partial charge in [0, 0.05) is 13.2 Å². The first kappa shape index (κ1) is 11.2. The van der Waals surface area contributed by atoms with Crippen LogP contribution in [0.25, 0.3) is 11.0 Å². The number of aromatic amines is 1. The van der Waals surface area contributed by atoms with Crippen LogP contribution in [0.4, 0.5) is 4.39 Å². The molecule has 0 saturated carbocycles. The first-order chi connectivity index (χ1) is 8.66. The molecule has 1 N–H and O–H groups in total. The molecule has 3 rings (SSSR count). The van der Waals surface area contributed by atoms with Gasteiger partial charge >= 0.3 is 0 Å². The van der Waals surface area contributed by atoms with Gasteiger partial charge < -0.3 is 9.55 Å². The summed E-state index contributed by atoms with van der Waals surface area (Å²) in [6.45, 7) is 0.568. The fourth-order valence-corrected chi connectivity index (χ4v) is 2.29. The summed E-state index contributed by atoms with van der Waals surface area (Å²) in [4.78, 5) is 2.90. The molecule has 0 radical (unpaired) electrons. The number of nitrogens with zero attached hydrogens (tertiary/aromatic N) is 3. The van der Waals surface area contributed by atoms with Crippen LogP contribution < -0.4 is 0 Å². The van der Waals surface area contributed by atoms with Crippen LogP contribution in [0.5, 0.6) is 0 Å². The molecule has 18 heavy (non-hydrogen) atoms. The molecule has 1 aromatic carbocycles. The van der Waals surface area contributed by atoms with Gasteiger partial charge in [-0.3, -0.25) is 4.68 Å². The molecule has 0 atom stereocenters. The number of para-hydroxylation sites is 1. The first-order valence-electron chi connectivity index (χ1n) is 5.51. The Balaban J connectivity index is 2.18. The van der Waals surface area contributed by atoms with E-state index >= 15 is 0 Å². The average molecular weight is 262 g/mol. The maximum atomic E-state index is 13.6. The Bertz CT molecular complexity index is 768. The zero-order chi connectivity index (χ0) is 12.7. The Hall–Kier alpha value is -1.95. The van der Waals surface area contributed by atoms with Crippen molar-refractivity contribution in [1.82, 2.24) is 19.3 Å². The lowest BCUT2D eigenvalue weighted by Gasteiger charge is -2.05. The van der Waals surface area contributed by atoms with E-state index in [-0.39, 0.29) is 5.82 Å². The Morgan fingerprint density at radius 1 is 1.39 bits per heavy atom. The molecule has 92 valence electrons. The van der Waals surface area contributed by atoms with Crippen molar-refractivity contribution in [1.29, 1.82) is 0 Å². The van der Waals surface area contributed by atoms with Crippen molar-refractivity contribution in [3.05, 3.63) is 46.7 Å². The highest BCUT2D eigenvalue weighted by Gasteiger charge is 2.09. The molecular formula is C12H11FN4S. The number of fused-ring (bicyclic) bond motifs is 1. The highest BCUT2D eigenvalue weighted by atomic mass is 32.1. The predicted octanol–water partition coefficient (Wildman–Crippen LogP) is 2.62. The molecule has 0 aliphatic rings. The summed E-state index contributed by atoms with van der Waals surface area (Å²) >= 11 is 5.24. The van der Waals surface area contributed by atoms with Gasteiger partial charge in [-0.1, -0.05) is 6.07 Å². The second kappa shape index (κ2) is 4.06. The van der Waals surface area contributed by atoms with E-state index in [1.54, 1.807) is 16.9 Å². The maximum absolute atomic E-state index is 13.6. The molecule has 0 unspecified atom stereocenters. The van der Waals surface area contributed by atoms with Crippen LogP contribution in [0.2, 0.25) is 0 Å². The molecule has 2 heterocycles. The summed E-state index contributed by atoms with van der Waals surface area (Å²) in [6, 6.07) is 6.86. The van der Waals surface area contributed by atoms with Crippen LogP contribution >= 0.6 is 12.2 Å². The van der Waals surface area contributed by atoms with Gasteiger partial charge in [0.1, 0.15) is 11.3 Å². The summed E-state index contributed by atoms with van der Waals surface area (Å²) in [5.74, 6) is -0.289. The quantitative estimate of drug-likeness (QED) is 0.721. The molecule has 0 amide bonds. The molecule has 0 spiro atoms. The summed E-state index contributed by atoms with van der Waals surface area (Å²) in [7, 11) is 1.87. The van der Waals surface area contributed by atoms with Crippen molar-refractivity contribution in [3.63, 3.8) is 0 Å². The summed E-state index contributed by atoms with van der Waals surface area (Å²) in [6.07, 6.45) is 1.73. The predicted molar refractivity (Wildman–Crippen MR) is 69.4 cm³/mol. The lowest BCUT2D eigenvalue weighted by atomic mass is 10.3. The second-order valence-corrected chi connectivity index (χ2v) is 4.48. The number of halogens is 1. The highest BCUT2D eigenvalue weighted by Crippen LogP contribution is 2.18. The number of hydrogen-bond donors (Lipinski definition) is 1. The van der Waals surface area contributed by atoms with Crippen LogP contribution in [0.15, 0.2) is 30.5 Å². The fraction of sp³-hybridized carbons (Fsp3) is 0.167. The van der Waals surface area contributed by atoms with E-state index in [0.29, 0.717) is 16.8 Å². The third-order valence-electron chi connectivity index (χ3n) is 3.00. The van der Waals surface area contributed by atoms with Crippen molar-refractivity contribution >= 4 is 23.3 Å². The van der Waals surface area contributed by atoms with Gasteiger partial charge in [-0.15, -0.1) is 0 Å². The molecule has 0 aliphatic heterocycles. The van der Waals surface area contributed by atoms with E-state index in [1.165, 1.54) is 6.07 Å². The standard InChI is InChI=1S/C12H11FN4S/c1-16-8(5-6-14-16)7-17-10-4-2-3-9(13)11(10)15-12(17)18/h2-6H,7H2,1H3,(H,15,18). The second-order valence-electron chi connectivity index (χ2n) is 4.10. The Morgan fingerprint density at radius 2 is 2.22 bits per heavy atom. The Labute approximate surface area is 108 Å². The van der Waals surface area contributed by atoms with E-state index in [1.807, 2.05) is 23.7 Å². The number of H-pyrrole nitrogens is 1. The van der Waals surface area contributed by atoms with Gasteiger partial charge in [0.25, 0.3) is 0 Å². The number of nitrogens with one attached hydrogen (secondary N) is 1. The third kappa shape index (κ3) is 1.65. The summed E-state index contributed by atoms with van der Waals surface area (Å²) in [5.41, 5.74) is 2.22. The van der Waals surface area contributed by atoms with E-state index in [0.717, 1.165) is 11.2 Å². The minimum atomic E-state index is -0.289. The largest absolute Gasteiger partial charge is 0.328 e. The Morgan fingerprint density at radius 3 is 2.94 bits per heavy atom. The Kier molecular flexibility index (Phi) is 2.52. The third-order valence-corrected chi connectivity index (χ3v) is 3.32. The van der Waals surface area contributed by atoms with Gasteiger partial charge in [0.15, 0.2) is 4.77 Å². The smallest absolute Gasteiger partial charge is 0.178 e. The molecular weight excluding hydrogens is 251 g/mol. The molecule has 2 aromatic heterocycles. The van der Waals surface area contributed by atoms with Crippen LogP contribution in [0.1, 0.15) is 5.69 Å². The number of hydrogen-bond acceptors (Lipinski definition) is 2. The molecule has 0 fully saturated rings. The number of rotatable bonds is 2. The average Bonchev–Trinajstić information content (AvgIpc) is 2.87. The molecule has 3 aromatic rings. The first-order valence-corrected chi connectivity index (χ1v) is 5.91. The molecule has 6 heteroatoms. The van der Waals surface area contributed by atoms with Crippen molar-refractivity contribution in [2.24, 2.45) is 7.05 Å². The summed E-state index contributed by atoms with van der Waals surface area (Å²) in [5, 5.41) is 4.11. The fourth-order valence-electron chi connectivity index (χ4n) is 2.02. The normalized spacial score (nSPS) is 11.2. The van der Waals surface area contributed by atoms with Crippen LogP contribution in [0.3, 0.4) is 0 Å². The lowest BCUT2D eigenvalue weighted by molar-refractivity contribution is 0.637. The van der Waals surface area contributed by atoms with Gasteiger partial charge in [0.2, 0.25) is 0 Å². The monoisotopic (exact) mass is 262 g/mol. The number of aryl methyl sites for hydroxylation is 1. The molecule has 0 saturated heterocycles. The van der Waals surface area contributed by atoms with Gasteiger partial charge in [-0.05, 0) is 30.4 Å². The topological polar surface area (TPSA) is 38.5 Å². The van der Waals surface area contributed by atoms with Crippen molar-refractivity contribution in [3.8, 4) is 0 Å². The van der Waals surface area contributed by atoms with Crippen molar-refractivity contribution in [2.75, 3.05) is 0 Å². The van der Waals surface area contributed by atoms with Crippen LogP contribution in [0, 0.1) is 10.6 Å². The zero-order valence-corrected chi connectivity index (χ0v) is 10.5. The van der Waals surface area contributed by atoms with Gasteiger partial charge in [0.05, 0.1) is 17.8 Å². The molecule has 4 nitrogen and oxygen atoms in total. The van der Waals surface area contributed by atoms with Gasteiger partial charge in [-0.2, -0.15) is 5.10 Å². The minimum Gasteiger partial charge on any atom is -0.328 e. The summed E-state index contributed by atoms with van der Waals surface area (Å²) < 4.78 is 17.8.